The van der Waals surface area contributed by atoms with Crippen LogP contribution in [0.15, 0.2) is 0 Å². The van der Waals surface area contributed by atoms with Crippen LogP contribution in [0.1, 0.15) is 142 Å². The molecule has 0 radical (unpaired) electrons. The van der Waals surface area contributed by atoms with Crippen LogP contribution < -0.4 is 0 Å². The average molecular weight is 544 g/mol. The van der Waals surface area contributed by atoms with E-state index in [1.165, 1.54) is 128 Å². The van der Waals surface area contributed by atoms with Gasteiger partial charge in [-0.15, -0.1) is 0 Å². The second kappa shape index (κ2) is 28.9. The second-order valence-electron chi connectivity index (χ2n) is 8.40. The van der Waals surface area contributed by atoms with Gasteiger partial charge in [0.05, 0.1) is 0 Å². The van der Waals surface area contributed by atoms with Gasteiger partial charge < -0.3 is 4.74 Å². The van der Waals surface area contributed by atoms with Crippen LogP contribution in [0.5, 0.6) is 0 Å². The van der Waals surface area contributed by atoms with Crippen molar-refractivity contribution in [3.8, 4) is 0 Å². The SMILES string of the molecule is CCCCCCCCCCCCOCCCCCCCCCCCC.[Cl][Ti]([Cl])([Cl])[Cl]. The van der Waals surface area contributed by atoms with Crippen LogP contribution in [0.25, 0.3) is 0 Å². The van der Waals surface area contributed by atoms with Gasteiger partial charge in [-0.25, -0.2) is 0 Å². The molecule has 6 heteroatoms. The molecule has 0 heterocycles. The van der Waals surface area contributed by atoms with E-state index in [0.717, 1.165) is 13.2 Å². The van der Waals surface area contributed by atoms with Crippen molar-refractivity contribution in [3.63, 3.8) is 0 Å². The summed E-state index contributed by atoms with van der Waals surface area (Å²) in [5.74, 6) is 0. The van der Waals surface area contributed by atoms with Gasteiger partial charge in [-0.05, 0) is 12.8 Å². The third kappa shape index (κ3) is 43.7. The average Bonchev–Trinajstić information content (AvgIpc) is 2.68. The first-order valence-corrected chi connectivity index (χ1v) is 21.3. The van der Waals surface area contributed by atoms with E-state index in [2.05, 4.69) is 13.8 Å². The molecule has 0 fully saturated rings. The van der Waals surface area contributed by atoms with Crippen LogP contribution in [-0.2, 0) is 17.1 Å². The minimum absolute atomic E-state index is 0.994. The van der Waals surface area contributed by atoms with Crippen molar-refractivity contribution >= 4 is 37.2 Å². The van der Waals surface area contributed by atoms with E-state index in [4.69, 9.17) is 42.0 Å². The molecule has 0 saturated heterocycles. The summed E-state index contributed by atoms with van der Waals surface area (Å²) in [7, 11) is 20.1. The Balaban J connectivity index is 0. The number of ether oxygens (including phenoxy) is 1. The van der Waals surface area contributed by atoms with E-state index < -0.39 is 12.3 Å². The van der Waals surface area contributed by atoms with Gasteiger partial charge in [0.25, 0.3) is 0 Å². The van der Waals surface area contributed by atoms with Crippen LogP contribution in [0.3, 0.4) is 0 Å². The molecule has 1 nitrogen and oxygen atoms in total. The van der Waals surface area contributed by atoms with Crippen molar-refractivity contribution in [2.45, 2.75) is 142 Å². The maximum atomic E-state index is 5.78. The van der Waals surface area contributed by atoms with Gasteiger partial charge in [0, 0.05) is 13.2 Å². The summed E-state index contributed by atoms with van der Waals surface area (Å²) in [5.41, 5.74) is 0. The molecule has 0 aromatic heterocycles. The molecule has 0 atom stereocenters. The summed E-state index contributed by atoms with van der Waals surface area (Å²) in [5, 5.41) is 0. The number of unbranched alkanes of at least 4 members (excludes halogenated alkanes) is 18. The van der Waals surface area contributed by atoms with Crippen LogP contribution in [0.4, 0.5) is 0 Å². The van der Waals surface area contributed by atoms with Gasteiger partial charge in [-0.1, -0.05) is 129 Å². The normalized spacial score (nSPS) is 11.4. The first-order chi connectivity index (χ1) is 14.4. The zero-order valence-electron chi connectivity index (χ0n) is 20.0. The first kappa shape index (κ1) is 34.0. The summed E-state index contributed by atoms with van der Waals surface area (Å²) in [6, 6.07) is 0. The molecule has 0 N–H and O–H groups in total. The molecule has 0 aliphatic rings. The van der Waals surface area contributed by atoms with Gasteiger partial charge >= 0.3 is 49.6 Å². The fourth-order valence-electron chi connectivity index (χ4n) is 3.49. The van der Waals surface area contributed by atoms with Gasteiger partial charge in [0.1, 0.15) is 0 Å². The first-order valence-electron chi connectivity index (χ1n) is 12.7. The van der Waals surface area contributed by atoms with Crippen molar-refractivity contribution in [3.05, 3.63) is 0 Å². The number of rotatable bonds is 22. The van der Waals surface area contributed by atoms with Crippen molar-refractivity contribution in [2.24, 2.45) is 0 Å². The Morgan fingerprint density at radius 2 is 0.600 bits per heavy atom. The molecule has 0 saturated carbocycles. The minimum atomic E-state index is -3.11. The molecule has 0 spiro atoms. The Morgan fingerprint density at radius 3 is 0.833 bits per heavy atom. The summed E-state index contributed by atoms with van der Waals surface area (Å²) in [6.07, 6.45) is 28.2. The number of hydrogen-bond acceptors (Lipinski definition) is 1. The summed E-state index contributed by atoms with van der Waals surface area (Å²) in [4.78, 5) is 0. The molecule has 30 heavy (non-hydrogen) atoms. The second-order valence-corrected chi connectivity index (χ2v) is 23.9. The fourth-order valence-corrected chi connectivity index (χ4v) is 3.49. The van der Waals surface area contributed by atoms with Crippen molar-refractivity contribution < 1.29 is 17.1 Å². The molecule has 0 unspecified atom stereocenters. The van der Waals surface area contributed by atoms with E-state index in [9.17, 15) is 0 Å². The summed E-state index contributed by atoms with van der Waals surface area (Å²) in [6.45, 7) is 6.57. The zero-order chi connectivity index (χ0) is 22.8. The predicted molar refractivity (Wildman–Crippen MR) is 138 cm³/mol. The van der Waals surface area contributed by atoms with Crippen molar-refractivity contribution in [1.82, 2.24) is 0 Å². The molecule has 0 amide bonds. The molecular formula is C24H50Cl4OTi. The third-order valence-corrected chi connectivity index (χ3v) is 5.28. The monoisotopic (exact) mass is 542 g/mol. The molecule has 184 valence electrons. The Bertz CT molecular complexity index is 273. The van der Waals surface area contributed by atoms with E-state index in [-0.39, 0.29) is 0 Å². The van der Waals surface area contributed by atoms with Crippen LogP contribution in [0, 0.1) is 0 Å². The molecule has 0 aliphatic heterocycles. The number of hydrogen-bond donors (Lipinski definition) is 0. The van der Waals surface area contributed by atoms with Gasteiger partial charge in [0.2, 0.25) is 0 Å². The summed E-state index contributed by atoms with van der Waals surface area (Å²) >= 11 is -3.11. The predicted octanol–water partition coefficient (Wildman–Crippen LogP) is 11.6. The molecular weight excluding hydrogens is 494 g/mol. The Labute approximate surface area is 208 Å². The van der Waals surface area contributed by atoms with Crippen LogP contribution in [0.2, 0.25) is 0 Å². The van der Waals surface area contributed by atoms with Crippen molar-refractivity contribution in [2.75, 3.05) is 13.2 Å². The van der Waals surface area contributed by atoms with Crippen LogP contribution >= 0.6 is 37.2 Å². The standard InChI is InChI=1S/C24H50O.4ClH.Ti/c1-3-5-7-9-11-13-15-17-19-21-23-25-24-22-20-18-16-14-12-10-8-6-4-2;;;;;/h3-24H2,1-2H3;4*1H;/q;;;;;+4/p-4. The van der Waals surface area contributed by atoms with Gasteiger partial charge in [-0.3, -0.25) is 0 Å². The van der Waals surface area contributed by atoms with Crippen LogP contribution in [-0.4, -0.2) is 13.2 Å². The Morgan fingerprint density at radius 1 is 0.400 bits per heavy atom. The number of halogens is 4. The van der Waals surface area contributed by atoms with E-state index >= 15 is 0 Å². The fraction of sp³-hybridized carbons (Fsp3) is 1.00. The topological polar surface area (TPSA) is 9.23 Å². The molecule has 0 aromatic carbocycles. The van der Waals surface area contributed by atoms with E-state index in [1.54, 1.807) is 0 Å². The van der Waals surface area contributed by atoms with Gasteiger partial charge in [-0.2, -0.15) is 0 Å². The Kier molecular flexibility index (Phi) is 32.7. The van der Waals surface area contributed by atoms with Gasteiger partial charge in [0.15, 0.2) is 0 Å². The third-order valence-electron chi connectivity index (χ3n) is 5.28. The van der Waals surface area contributed by atoms with E-state index in [0.29, 0.717) is 0 Å². The molecule has 0 aliphatic carbocycles. The zero-order valence-corrected chi connectivity index (χ0v) is 24.6. The van der Waals surface area contributed by atoms with E-state index in [1.807, 2.05) is 0 Å². The molecule has 0 rings (SSSR count). The summed E-state index contributed by atoms with van der Waals surface area (Å²) < 4.78 is 5.78. The molecule has 0 aromatic rings. The maximum absolute atomic E-state index is 5.78. The quantitative estimate of drug-likeness (QED) is 0.0973. The van der Waals surface area contributed by atoms with Crippen molar-refractivity contribution in [1.29, 1.82) is 0 Å². The molecule has 0 bridgehead atoms. The Hall–Kier alpha value is 1.83.